The molecule has 0 bridgehead atoms. The molecule has 0 amide bonds. The molecule has 0 fully saturated rings. The maximum atomic E-state index is 6.37. The van der Waals surface area contributed by atoms with Crippen LogP contribution in [-0.4, -0.2) is 4.17 Å². The zero-order valence-corrected chi connectivity index (χ0v) is 18.3. The summed E-state index contributed by atoms with van der Waals surface area (Å²) in [7, 11) is 0.920. The molecule has 2 rings (SSSR count). The van der Waals surface area contributed by atoms with Gasteiger partial charge < -0.3 is 4.74 Å². The Labute approximate surface area is 162 Å². The Morgan fingerprint density at radius 2 is 1.71 bits per heavy atom. The predicted octanol–water partition coefficient (Wildman–Crippen LogP) is 6.97. The van der Waals surface area contributed by atoms with Crippen LogP contribution in [0.2, 0.25) is 0 Å². The highest BCUT2D eigenvalue weighted by Crippen LogP contribution is 2.52. The monoisotopic (exact) mass is 454 g/mol. The zero-order valence-electron chi connectivity index (χ0n) is 15.2. The van der Waals surface area contributed by atoms with E-state index in [0.29, 0.717) is 6.61 Å². The summed E-state index contributed by atoms with van der Waals surface area (Å²) in [6.07, 6.45) is 2.32. The zero-order chi connectivity index (χ0) is 17.6. The highest BCUT2D eigenvalue weighted by atomic mass is 127. The molecule has 0 saturated carbocycles. The van der Waals surface area contributed by atoms with E-state index in [-0.39, 0.29) is 5.16 Å². The average molecular weight is 454 g/mol. The van der Waals surface area contributed by atoms with Crippen molar-refractivity contribution < 1.29 is 4.74 Å². The summed E-state index contributed by atoms with van der Waals surface area (Å²) < 4.78 is 7.57. The van der Waals surface area contributed by atoms with Crippen LogP contribution in [0, 0.1) is 13.8 Å². The van der Waals surface area contributed by atoms with Gasteiger partial charge in [0.15, 0.2) is 0 Å². The van der Waals surface area contributed by atoms with Gasteiger partial charge in [-0.2, -0.15) is 0 Å². The third-order valence-electron chi connectivity index (χ3n) is 4.77. The van der Waals surface area contributed by atoms with Crippen molar-refractivity contribution in [3.8, 4) is 5.75 Å². The molecule has 3 heteroatoms. The lowest BCUT2D eigenvalue weighted by Crippen LogP contribution is -2.20. The highest BCUT2D eigenvalue weighted by Gasteiger charge is 2.31. The van der Waals surface area contributed by atoms with Gasteiger partial charge in [-0.25, -0.2) is 0 Å². The van der Waals surface area contributed by atoms with E-state index in [1.54, 1.807) is 0 Å². The molecule has 1 nitrogen and oxygen atoms in total. The first-order chi connectivity index (χ1) is 11.6. The molecule has 0 aliphatic heterocycles. The van der Waals surface area contributed by atoms with E-state index in [1.807, 2.05) is 6.07 Å². The Hall–Kier alpha value is -0.600. The van der Waals surface area contributed by atoms with Crippen LogP contribution >= 0.6 is 31.2 Å². The molecule has 0 aliphatic rings. The van der Waals surface area contributed by atoms with Gasteiger partial charge in [0.1, 0.15) is 12.4 Å². The van der Waals surface area contributed by atoms with Crippen LogP contribution in [0.3, 0.4) is 0 Å². The summed E-state index contributed by atoms with van der Waals surface area (Å²) in [5.41, 5.74) is 5.22. The van der Waals surface area contributed by atoms with E-state index in [2.05, 4.69) is 86.7 Å². The molecule has 0 N–H and O–H groups in total. The van der Waals surface area contributed by atoms with Gasteiger partial charge in [0, 0.05) is 14.9 Å². The van der Waals surface area contributed by atoms with Crippen LogP contribution < -0.4 is 4.74 Å². The Morgan fingerprint density at radius 3 is 2.29 bits per heavy atom. The molecule has 0 radical (unpaired) electrons. The van der Waals surface area contributed by atoms with E-state index in [4.69, 9.17) is 4.74 Å². The van der Waals surface area contributed by atoms with Crippen LogP contribution in [0.5, 0.6) is 5.75 Å². The number of halogens is 1. The smallest absolute Gasteiger partial charge is 0.126 e. The molecule has 2 aromatic rings. The minimum atomic E-state index is 0.240. The van der Waals surface area contributed by atoms with Crippen molar-refractivity contribution in [2.75, 3.05) is 4.17 Å². The number of ether oxygens (including phenoxy) is 1. The number of alkyl halides is 1. The first-order valence-corrected chi connectivity index (χ1v) is 11.4. The first kappa shape index (κ1) is 19.7. The lowest BCUT2D eigenvalue weighted by atomic mass is 9.89. The molecule has 0 aromatic heterocycles. The van der Waals surface area contributed by atoms with Gasteiger partial charge in [0.2, 0.25) is 0 Å². The second kappa shape index (κ2) is 9.20. The molecular weight excluding hydrogens is 426 g/mol. The Bertz CT molecular complexity index is 650. The fourth-order valence-corrected chi connectivity index (χ4v) is 6.66. The third-order valence-corrected chi connectivity index (χ3v) is 7.70. The van der Waals surface area contributed by atoms with Gasteiger partial charge in [-0.1, -0.05) is 84.5 Å². The Balaban J connectivity index is 2.42. The summed E-state index contributed by atoms with van der Waals surface area (Å²) in [5.74, 6) is 1.10. The van der Waals surface area contributed by atoms with Crippen molar-refractivity contribution in [2.24, 2.45) is 0 Å². The van der Waals surface area contributed by atoms with Crippen LogP contribution in [0.4, 0.5) is 0 Å². The van der Waals surface area contributed by atoms with E-state index in [0.717, 1.165) is 27.2 Å². The first-order valence-electron chi connectivity index (χ1n) is 8.65. The topological polar surface area (TPSA) is 9.23 Å². The van der Waals surface area contributed by atoms with Crippen LogP contribution in [0.15, 0.2) is 42.5 Å². The van der Waals surface area contributed by atoms with Crippen molar-refractivity contribution in [1.82, 2.24) is 0 Å². The molecule has 0 aliphatic carbocycles. The largest absolute Gasteiger partial charge is 0.488 e. The van der Waals surface area contributed by atoms with E-state index >= 15 is 0 Å². The van der Waals surface area contributed by atoms with E-state index in [1.165, 1.54) is 26.4 Å². The third kappa shape index (κ3) is 4.52. The molecule has 1 unspecified atom stereocenters. The van der Waals surface area contributed by atoms with Gasteiger partial charge >= 0.3 is 0 Å². The standard InChI is InChI=1S/C21H28IOP/c1-5-21(6-2,24-15-22)19-13-16(3)12-17(4)20(19)23-14-18-10-8-7-9-11-18/h7-13,24H,5-6,14-15H2,1-4H3. The predicted molar refractivity (Wildman–Crippen MR) is 116 cm³/mol. The second-order valence-corrected chi connectivity index (χ2v) is 10.2. The maximum Gasteiger partial charge on any atom is 0.126 e. The van der Waals surface area contributed by atoms with E-state index < -0.39 is 0 Å². The van der Waals surface area contributed by atoms with Crippen LogP contribution in [0.1, 0.15) is 48.9 Å². The average Bonchev–Trinajstić information content (AvgIpc) is 2.59. The summed E-state index contributed by atoms with van der Waals surface area (Å²) in [5, 5.41) is 0.240. The Morgan fingerprint density at radius 1 is 1.04 bits per heavy atom. The number of benzene rings is 2. The van der Waals surface area contributed by atoms with Crippen LogP contribution in [-0.2, 0) is 11.8 Å². The van der Waals surface area contributed by atoms with Gasteiger partial charge in [0.05, 0.1) is 0 Å². The van der Waals surface area contributed by atoms with Gasteiger partial charge in [-0.15, -0.1) is 8.58 Å². The normalized spacial score (nSPS) is 12.0. The van der Waals surface area contributed by atoms with Crippen molar-refractivity contribution in [3.63, 3.8) is 0 Å². The molecule has 130 valence electrons. The van der Waals surface area contributed by atoms with Crippen molar-refractivity contribution in [1.29, 1.82) is 0 Å². The summed E-state index contributed by atoms with van der Waals surface area (Å²) in [6.45, 7) is 9.65. The minimum absolute atomic E-state index is 0.240. The maximum absolute atomic E-state index is 6.37. The SMILES string of the molecule is CCC(CC)(PCI)c1cc(C)cc(C)c1OCc1ccccc1. The molecule has 1 atom stereocenters. The molecule has 2 aromatic carbocycles. The molecule has 0 spiro atoms. The molecular formula is C21H28IOP. The number of hydrogen-bond acceptors (Lipinski definition) is 1. The van der Waals surface area contributed by atoms with E-state index in [9.17, 15) is 0 Å². The van der Waals surface area contributed by atoms with Crippen molar-refractivity contribution in [3.05, 3.63) is 64.7 Å². The van der Waals surface area contributed by atoms with Crippen LogP contribution in [0.25, 0.3) is 0 Å². The minimum Gasteiger partial charge on any atom is -0.488 e. The molecule has 24 heavy (non-hydrogen) atoms. The lowest BCUT2D eigenvalue weighted by molar-refractivity contribution is 0.296. The highest BCUT2D eigenvalue weighted by molar-refractivity contribution is 14.1. The lowest BCUT2D eigenvalue weighted by Gasteiger charge is -2.34. The fourth-order valence-electron chi connectivity index (χ4n) is 3.34. The number of hydrogen-bond donors (Lipinski definition) is 0. The van der Waals surface area contributed by atoms with Gasteiger partial charge in [-0.3, -0.25) is 0 Å². The number of aryl methyl sites for hydroxylation is 2. The fraction of sp³-hybridized carbons (Fsp3) is 0.429. The van der Waals surface area contributed by atoms with Crippen molar-refractivity contribution >= 4 is 31.2 Å². The summed E-state index contributed by atoms with van der Waals surface area (Å²) in [6, 6.07) is 15.0. The quantitative estimate of drug-likeness (QED) is 0.238. The summed E-state index contributed by atoms with van der Waals surface area (Å²) >= 11 is 2.52. The second-order valence-electron chi connectivity index (χ2n) is 6.33. The van der Waals surface area contributed by atoms with Gasteiger partial charge in [0.25, 0.3) is 0 Å². The molecule has 0 heterocycles. The summed E-state index contributed by atoms with van der Waals surface area (Å²) in [4.78, 5) is 0. The van der Waals surface area contributed by atoms with Gasteiger partial charge in [-0.05, 0) is 37.8 Å². The molecule has 0 saturated heterocycles. The Kier molecular flexibility index (Phi) is 7.56. The van der Waals surface area contributed by atoms with Crippen molar-refractivity contribution in [2.45, 2.75) is 52.3 Å². The number of rotatable bonds is 8.